The van der Waals surface area contributed by atoms with Crippen molar-refractivity contribution >= 4 is 5.91 Å². The number of hydrogen-bond donors (Lipinski definition) is 2. The maximum absolute atomic E-state index is 12.6. The van der Waals surface area contributed by atoms with Crippen molar-refractivity contribution in [1.82, 2.24) is 4.90 Å². The molecule has 1 saturated carbocycles. The highest BCUT2D eigenvalue weighted by Crippen LogP contribution is 2.28. The summed E-state index contributed by atoms with van der Waals surface area (Å²) in [5.74, 6) is 5.34. The monoisotopic (exact) mass is 273 g/mol. The van der Waals surface area contributed by atoms with Crippen LogP contribution in [0.4, 0.5) is 0 Å². The molecule has 0 aliphatic heterocycles. The van der Waals surface area contributed by atoms with Gasteiger partial charge in [-0.2, -0.15) is 0 Å². The van der Waals surface area contributed by atoms with Gasteiger partial charge in [-0.3, -0.25) is 4.79 Å². The van der Waals surface area contributed by atoms with Crippen LogP contribution in [0.15, 0.2) is 18.2 Å². The molecule has 20 heavy (non-hydrogen) atoms. The average molecular weight is 273 g/mol. The van der Waals surface area contributed by atoms with Crippen molar-refractivity contribution < 1.29 is 15.0 Å². The first kappa shape index (κ1) is 14.6. The van der Waals surface area contributed by atoms with Gasteiger partial charge in [0.15, 0.2) is 0 Å². The highest BCUT2D eigenvalue weighted by Gasteiger charge is 2.33. The standard InChI is InChI=1S/C16H19NO3/c1-12-4-5-13(3-2-9-18)11-15(12)16(20)17(8-10-19)14-6-7-14/h4-5,11,14,18-19H,6-10H2,1H3. The average Bonchev–Trinajstić information content (AvgIpc) is 3.27. The molecule has 0 heterocycles. The number of benzene rings is 1. The smallest absolute Gasteiger partial charge is 0.254 e. The van der Waals surface area contributed by atoms with E-state index in [1.165, 1.54) is 0 Å². The van der Waals surface area contributed by atoms with E-state index < -0.39 is 0 Å². The van der Waals surface area contributed by atoms with Crippen LogP contribution in [-0.2, 0) is 0 Å². The summed E-state index contributed by atoms with van der Waals surface area (Å²) < 4.78 is 0. The largest absolute Gasteiger partial charge is 0.395 e. The van der Waals surface area contributed by atoms with Gasteiger partial charge in [0.1, 0.15) is 6.61 Å². The quantitative estimate of drug-likeness (QED) is 0.803. The van der Waals surface area contributed by atoms with E-state index in [-0.39, 0.29) is 25.2 Å². The second kappa shape index (κ2) is 6.56. The van der Waals surface area contributed by atoms with Crippen molar-refractivity contribution in [2.75, 3.05) is 19.8 Å². The third-order valence-electron chi connectivity index (χ3n) is 3.37. The molecule has 1 aromatic rings. The lowest BCUT2D eigenvalue weighted by Gasteiger charge is -2.22. The van der Waals surface area contributed by atoms with Crippen LogP contribution < -0.4 is 0 Å². The lowest BCUT2D eigenvalue weighted by atomic mass is 10.0. The van der Waals surface area contributed by atoms with E-state index in [9.17, 15) is 4.79 Å². The number of aryl methyl sites for hydroxylation is 1. The first-order valence-electron chi connectivity index (χ1n) is 6.79. The van der Waals surface area contributed by atoms with E-state index in [0.29, 0.717) is 17.7 Å². The molecule has 0 aromatic heterocycles. The Morgan fingerprint density at radius 1 is 1.40 bits per heavy atom. The molecular formula is C16H19NO3. The lowest BCUT2D eigenvalue weighted by molar-refractivity contribution is 0.0707. The van der Waals surface area contributed by atoms with Crippen molar-refractivity contribution in [2.45, 2.75) is 25.8 Å². The molecular weight excluding hydrogens is 254 g/mol. The summed E-state index contributed by atoms with van der Waals surface area (Å²) in [5.41, 5.74) is 2.23. The Morgan fingerprint density at radius 3 is 2.75 bits per heavy atom. The molecule has 1 amide bonds. The zero-order valence-corrected chi connectivity index (χ0v) is 11.6. The predicted molar refractivity (Wildman–Crippen MR) is 76.3 cm³/mol. The normalized spacial score (nSPS) is 13.6. The van der Waals surface area contributed by atoms with Crippen molar-refractivity contribution in [3.8, 4) is 11.8 Å². The van der Waals surface area contributed by atoms with Crippen molar-refractivity contribution in [2.24, 2.45) is 0 Å². The molecule has 4 heteroatoms. The van der Waals surface area contributed by atoms with Crippen LogP contribution in [0, 0.1) is 18.8 Å². The van der Waals surface area contributed by atoms with Gasteiger partial charge in [0.25, 0.3) is 5.91 Å². The van der Waals surface area contributed by atoms with Crippen molar-refractivity contribution in [3.05, 3.63) is 34.9 Å². The van der Waals surface area contributed by atoms with Crippen LogP contribution in [0.3, 0.4) is 0 Å². The highest BCUT2D eigenvalue weighted by molar-refractivity contribution is 5.96. The second-order valence-electron chi connectivity index (χ2n) is 4.94. The molecule has 0 spiro atoms. The summed E-state index contributed by atoms with van der Waals surface area (Å²) in [6.45, 7) is 2.04. The molecule has 1 aromatic carbocycles. The maximum atomic E-state index is 12.6. The number of nitrogens with zero attached hydrogens (tertiary/aromatic N) is 1. The van der Waals surface area contributed by atoms with E-state index in [1.54, 1.807) is 11.0 Å². The number of amides is 1. The lowest BCUT2D eigenvalue weighted by Crippen LogP contribution is -2.35. The molecule has 0 atom stereocenters. The fourth-order valence-electron chi connectivity index (χ4n) is 2.17. The molecule has 106 valence electrons. The van der Waals surface area contributed by atoms with Crippen LogP contribution in [0.5, 0.6) is 0 Å². The molecule has 4 nitrogen and oxygen atoms in total. The summed E-state index contributed by atoms with van der Waals surface area (Å²) in [5, 5.41) is 17.8. The Morgan fingerprint density at radius 2 is 2.15 bits per heavy atom. The fourth-order valence-corrected chi connectivity index (χ4v) is 2.17. The number of aliphatic hydroxyl groups excluding tert-OH is 2. The van der Waals surface area contributed by atoms with Gasteiger partial charge < -0.3 is 15.1 Å². The Bertz CT molecular complexity index is 553. The zero-order valence-electron chi connectivity index (χ0n) is 11.6. The summed E-state index contributed by atoms with van der Waals surface area (Å²) in [4.78, 5) is 14.3. The molecule has 0 bridgehead atoms. The molecule has 1 aliphatic rings. The van der Waals surface area contributed by atoms with Gasteiger partial charge in [0.05, 0.1) is 6.61 Å². The summed E-state index contributed by atoms with van der Waals surface area (Å²) in [6.07, 6.45) is 2.02. The topological polar surface area (TPSA) is 60.8 Å². The molecule has 0 saturated heterocycles. The minimum atomic E-state index is -0.199. The van der Waals surface area contributed by atoms with E-state index in [4.69, 9.17) is 10.2 Å². The fraction of sp³-hybridized carbons (Fsp3) is 0.438. The van der Waals surface area contributed by atoms with Gasteiger partial charge in [0.2, 0.25) is 0 Å². The van der Waals surface area contributed by atoms with Crippen LogP contribution in [0.1, 0.15) is 34.3 Å². The van der Waals surface area contributed by atoms with Crippen LogP contribution in [0.2, 0.25) is 0 Å². The van der Waals surface area contributed by atoms with Gasteiger partial charge in [-0.1, -0.05) is 17.9 Å². The van der Waals surface area contributed by atoms with Gasteiger partial charge in [-0.05, 0) is 37.5 Å². The summed E-state index contributed by atoms with van der Waals surface area (Å²) in [7, 11) is 0. The Labute approximate surface area is 119 Å². The molecule has 0 unspecified atom stereocenters. The Balaban J connectivity index is 2.27. The van der Waals surface area contributed by atoms with E-state index >= 15 is 0 Å². The van der Waals surface area contributed by atoms with Crippen LogP contribution in [-0.4, -0.2) is 46.8 Å². The minimum Gasteiger partial charge on any atom is -0.395 e. The van der Waals surface area contributed by atoms with Gasteiger partial charge in [-0.15, -0.1) is 0 Å². The first-order valence-corrected chi connectivity index (χ1v) is 6.79. The molecule has 0 radical (unpaired) electrons. The third kappa shape index (κ3) is 3.38. The molecule has 2 N–H and O–H groups in total. The van der Waals surface area contributed by atoms with Crippen LogP contribution >= 0.6 is 0 Å². The highest BCUT2D eigenvalue weighted by atomic mass is 16.3. The van der Waals surface area contributed by atoms with Crippen molar-refractivity contribution in [1.29, 1.82) is 0 Å². The maximum Gasteiger partial charge on any atom is 0.254 e. The molecule has 1 fully saturated rings. The van der Waals surface area contributed by atoms with Gasteiger partial charge in [-0.25, -0.2) is 0 Å². The predicted octanol–water partition coefficient (Wildman–Crippen LogP) is 0.936. The molecule has 2 rings (SSSR count). The summed E-state index contributed by atoms with van der Waals surface area (Å²) >= 11 is 0. The summed E-state index contributed by atoms with van der Waals surface area (Å²) in [6, 6.07) is 5.72. The first-order chi connectivity index (χ1) is 9.67. The number of carbonyl (C=O) groups is 1. The van der Waals surface area contributed by atoms with Crippen molar-refractivity contribution in [3.63, 3.8) is 0 Å². The van der Waals surface area contributed by atoms with E-state index in [0.717, 1.165) is 18.4 Å². The third-order valence-corrected chi connectivity index (χ3v) is 3.37. The van der Waals surface area contributed by atoms with E-state index in [1.807, 2.05) is 19.1 Å². The zero-order chi connectivity index (χ0) is 14.5. The van der Waals surface area contributed by atoms with Gasteiger partial charge >= 0.3 is 0 Å². The Kier molecular flexibility index (Phi) is 4.78. The number of aliphatic hydroxyl groups is 2. The van der Waals surface area contributed by atoms with E-state index in [2.05, 4.69) is 11.8 Å². The van der Waals surface area contributed by atoms with Crippen LogP contribution in [0.25, 0.3) is 0 Å². The minimum absolute atomic E-state index is 0.0225. The van der Waals surface area contributed by atoms with Gasteiger partial charge in [0, 0.05) is 23.7 Å². The SMILES string of the molecule is Cc1ccc(C#CCO)cc1C(=O)N(CCO)C1CC1. The number of hydrogen-bond acceptors (Lipinski definition) is 3. The molecule has 1 aliphatic carbocycles. The number of carbonyl (C=O) groups excluding carboxylic acids is 1. The Hall–Kier alpha value is -1.83. The second-order valence-corrected chi connectivity index (χ2v) is 4.94. The number of rotatable bonds is 4.